The SMILES string of the molecule is Nc1cn[nH]c1NC(=O)c1cccc(O)c1. The summed E-state index contributed by atoms with van der Waals surface area (Å²) in [5.41, 5.74) is 6.24. The lowest BCUT2D eigenvalue weighted by Crippen LogP contribution is -2.13. The van der Waals surface area contributed by atoms with Crippen LogP contribution in [0.5, 0.6) is 5.75 Å². The van der Waals surface area contributed by atoms with Crippen molar-refractivity contribution in [2.24, 2.45) is 0 Å². The number of benzene rings is 1. The molecule has 0 fully saturated rings. The third kappa shape index (κ3) is 1.95. The van der Waals surface area contributed by atoms with Crippen LogP contribution in [0.1, 0.15) is 10.4 Å². The van der Waals surface area contributed by atoms with E-state index in [9.17, 15) is 9.90 Å². The first-order chi connectivity index (χ1) is 7.66. The number of anilines is 2. The molecule has 82 valence electrons. The highest BCUT2D eigenvalue weighted by Crippen LogP contribution is 2.16. The van der Waals surface area contributed by atoms with Gasteiger partial charge in [-0.2, -0.15) is 5.10 Å². The molecule has 0 aliphatic rings. The second-order valence-electron chi connectivity index (χ2n) is 3.20. The lowest BCUT2D eigenvalue weighted by molar-refractivity contribution is 0.102. The number of rotatable bonds is 2. The molecule has 5 N–H and O–H groups in total. The fourth-order valence-corrected chi connectivity index (χ4v) is 1.23. The van der Waals surface area contributed by atoms with Gasteiger partial charge in [-0.1, -0.05) is 6.07 Å². The molecule has 0 atom stereocenters. The molecule has 2 rings (SSSR count). The van der Waals surface area contributed by atoms with E-state index in [1.54, 1.807) is 12.1 Å². The number of hydrogen-bond donors (Lipinski definition) is 4. The molecule has 0 bridgehead atoms. The molecule has 0 saturated heterocycles. The van der Waals surface area contributed by atoms with E-state index >= 15 is 0 Å². The third-order valence-corrected chi connectivity index (χ3v) is 2.02. The quantitative estimate of drug-likeness (QED) is 0.602. The van der Waals surface area contributed by atoms with Crippen molar-refractivity contribution in [3.8, 4) is 5.75 Å². The second-order valence-corrected chi connectivity index (χ2v) is 3.20. The van der Waals surface area contributed by atoms with Gasteiger partial charge in [-0.15, -0.1) is 0 Å². The molecule has 1 amide bonds. The van der Waals surface area contributed by atoms with E-state index in [-0.39, 0.29) is 11.7 Å². The van der Waals surface area contributed by atoms with Gasteiger partial charge in [-0.05, 0) is 18.2 Å². The van der Waals surface area contributed by atoms with Crippen molar-refractivity contribution in [1.82, 2.24) is 10.2 Å². The van der Waals surface area contributed by atoms with Crippen molar-refractivity contribution in [2.75, 3.05) is 11.1 Å². The van der Waals surface area contributed by atoms with Crippen LogP contribution >= 0.6 is 0 Å². The van der Waals surface area contributed by atoms with E-state index in [4.69, 9.17) is 5.73 Å². The van der Waals surface area contributed by atoms with Gasteiger partial charge < -0.3 is 16.2 Å². The molecule has 6 heteroatoms. The summed E-state index contributed by atoms with van der Waals surface area (Å²) in [5, 5.41) is 18.0. The summed E-state index contributed by atoms with van der Waals surface area (Å²) in [4.78, 5) is 11.7. The number of aromatic amines is 1. The Morgan fingerprint density at radius 2 is 2.31 bits per heavy atom. The zero-order chi connectivity index (χ0) is 11.5. The predicted molar refractivity (Wildman–Crippen MR) is 59.1 cm³/mol. The predicted octanol–water partition coefficient (Wildman–Crippen LogP) is 0.950. The smallest absolute Gasteiger partial charge is 0.256 e. The molecule has 0 unspecified atom stereocenters. The molecule has 6 nitrogen and oxygen atoms in total. The molecular weight excluding hydrogens is 208 g/mol. The number of carbonyl (C=O) groups excluding carboxylic acids is 1. The topological polar surface area (TPSA) is 104 Å². The molecule has 16 heavy (non-hydrogen) atoms. The highest BCUT2D eigenvalue weighted by Gasteiger charge is 2.09. The molecule has 0 aliphatic heterocycles. The van der Waals surface area contributed by atoms with Crippen LogP contribution in [0, 0.1) is 0 Å². The average Bonchev–Trinajstić information content (AvgIpc) is 2.64. The number of nitrogens with zero attached hydrogens (tertiary/aromatic N) is 1. The van der Waals surface area contributed by atoms with Gasteiger partial charge in [0, 0.05) is 5.56 Å². The molecule has 0 spiro atoms. The highest BCUT2D eigenvalue weighted by atomic mass is 16.3. The fraction of sp³-hybridized carbons (Fsp3) is 0. The minimum Gasteiger partial charge on any atom is -0.508 e. The number of H-pyrrole nitrogens is 1. The molecule has 1 aromatic carbocycles. The van der Waals surface area contributed by atoms with Crippen molar-refractivity contribution in [1.29, 1.82) is 0 Å². The van der Waals surface area contributed by atoms with E-state index in [2.05, 4.69) is 15.5 Å². The Hall–Kier alpha value is -2.50. The lowest BCUT2D eigenvalue weighted by atomic mass is 10.2. The monoisotopic (exact) mass is 218 g/mol. The van der Waals surface area contributed by atoms with Crippen molar-refractivity contribution in [3.05, 3.63) is 36.0 Å². The maximum absolute atomic E-state index is 11.7. The lowest BCUT2D eigenvalue weighted by Gasteiger charge is -2.03. The molecule has 0 saturated carbocycles. The fourth-order valence-electron chi connectivity index (χ4n) is 1.23. The largest absolute Gasteiger partial charge is 0.508 e. The molecule has 2 aromatic rings. The number of aromatic hydroxyl groups is 1. The minimum absolute atomic E-state index is 0.0326. The van der Waals surface area contributed by atoms with Crippen LogP contribution < -0.4 is 11.1 Å². The number of nitrogens with one attached hydrogen (secondary N) is 2. The minimum atomic E-state index is -0.369. The van der Waals surface area contributed by atoms with E-state index < -0.39 is 0 Å². The van der Waals surface area contributed by atoms with Gasteiger partial charge in [-0.25, -0.2) is 0 Å². The van der Waals surface area contributed by atoms with Gasteiger partial charge >= 0.3 is 0 Å². The van der Waals surface area contributed by atoms with Crippen LogP contribution in [0.2, 0.25) is 0 Å². The van der Waals surface area contributed by atoms with Crippen LogP contribution in [0.15, 0.2) is 30.5 Å². The van der Waals surface area contributed by atoms with Crippen LogP contribution in [0.4, 0.5) is 11.5 Å². The Morgan fingerprint density at radius 3 is 2.94 bits per heavy atom. The Kier molecular flexibility index (Phi) is 2.47. The summed E-state index contributed by atoms with van der Waals surface area (Å²) in [7, 11) is 0. The van der Waals surface area contributed by atoms with E-state index in [0.717, 1.165) is 0 Å². The number of phenolic OH excluding ortho intramolecular Hbond substituents is 1. The number of amides is 1. The summed E-state index contributed by atoms with van der Waals surface area (Å²) in [6.45, 7) is 0. The van der Waals surface area contributed by atoms with Gasteiger partial charge in [0.2, 0.25) is 0 Å². The van der Waals surface area contributed by atoms with E-state index in [1.807, 2.05) is 0 Å². The highest BCUT2D eigenvalue weighted by molar-refractivity contribution is 6.05. The van der Waals surface area contributed by atoms with Gasteiger partial charge in [-0.3, -0.25) is 9.89 Å². The Morgan fingerprint density at radius 1 is 1.50 bits per heavy atom. The summed E-state index contributed by atoms with van der Waals surface area (Å²) >= 11 is 0. The van der Waals surface area contributed by atoms with E-state index in [1.165, 1.54) is 18.3 Å². The summed E-state index contributed by atoms with van der Waals surface area (Å²) in [6.07, 6.45) is 1.40. The van der Waals surface area contributed by atoms with Crippen molar-refractivity contribution >= 4 is 17.4 Å². The number of hydrogen-bond acceptors (Lipinski definition) is 4. The summed E-state index contributed by atoms with van der Waals surface area (Å²) in [6, 6.07) is 6.02. The summed E-state index contributed by atoms with van der Waals surface area (Å²) in [5.74, 6) is 0.00502. The molecule has 0 aliphatic carbocycles. The maximum Gasteiger partial charge on any atom is 0.256 e. The second kappa shape index (κ2) is 3.93. The number of nitrogen functional groups attached to an aromatic ring is 1. The average molecular weight is 218 g/mol. The Bertz CT molecular complexity index is 521. The molecule has 1 heterocycles. The van der Waals surface area contributed by atoms with E-state index in [0.29, 0.717) is 17.1 Å². The molecular formula is C10H10N4O2. The first-order valence-electron chi connectivity index (χ1n) is 4.56. The van der Waals surface area contributed by atoms with Crippen LogP contribution in [-0.4, -0.2) is 21.2 Å². The normalized spacial score (nSPS) is 10.0. The number of phenols is 1. The standard InChI is InChI=1S/C10H10N4O2/c11-8-5-12-14-9(8)13-10(16)6-2-1-3-7(15)4-6/h1-5,15H,11H2,(H2,12,13,14,16). The zero-order valence-corrected chi connectivity index (χ0v) is 8.27. The zero-order valence-electron chi connectivity index (χ0n) is 8.27. The van der Waals surface area contributed by atoms with Gasteiger partial charge in [0.05, 0.1) is 11.9 Å². The van der Waals surface area contributed by atoms with Gasteiger partial charge in [0.1, 0.15) is 5.75 Å². The Labute approximate surface area is 91.1 Å². The molecule has 0 radical (unpaired) electrons. The first-order valence-corrected chi connectivity index (χ1v) is 4.56. The number of nitrogens with two attached hydrogens (primary N) is 1. The summed E-state index contributed by atoms with van der Waals surface area (Å²) < 4.78 is 0. The van der Waals surface area contributed by atoms with Crippen LogP contribution in [0.25, 0.3) is 0 Å². The van der Waals surface area contributed by atoms with Crippen LogP contribution in [-0.2, 0) is 0 Å². The van der Waals surface area contributed by atoms with Crippen molar-refractivity contribution < 1.29 is 9.90 Å². The van der Waals surface area contributed by atoms with Crippen molar-refractivity contribution in [2.45, 2.75) is 0 Å². The van der Waals surface area contributed by atoms with Crippen molar-refractivity contribution in [3.63, 3.8) is 0 Å². The first kappa shape index (κ1) is 10.0. The molecule has 1 aromatic heterocycles. The number of aromatic nitrogens is 2. The Balaban J connectivity index is 2.18. The third-order valence-electron chi connectivity index (χ3n) is 2.02. The van der Waals surface area contributed by atoms with Gasteiger partial charge in [0.15, 0.2) is 5.82 Å². The van der Waals surface area contributed by atoms with Crippen LogP contribution in [0.3, 0.4) is 0 Å². The number of carbonyl (C=O) groups is 1. The maximum atomic E-state index is 11.7. The van der Waals surface area contributed by atoms with Gasteiger partial charge in [0.25, 0.3) is 5.91 Å².